The van der Waals surface area contributed by atoms with Crippen LogP contribution in [0.5, 0.6) is 5.75 Å². The molecule has 1 heterocycles. The molecule has 0 aromatic heterocycles. The van der Waals surface area contributed by atoms with E-state index in [0.717, 1.165) is 38.7 Å². The van der Waals surface area contributed by atoms with E-state index in [9.17, 15) is 9.90 Å². The van der Waals surface area contributed by atoms with E-state index in [1.54, 1.807) is 0 Å². The summed E-state index contributed by atoms with van der Waals surface area (Å²) in [7, 11) is 0. The van der Waals surface area contributed by atoms with E-state index in [0.29, 0.717) is 5.75 Å². The molecule has 0 bridgehead atoms. The van der Waals surface area contributed by atoms with Gasteiger partial charge in [-0.15, -0.1) is 0 Å². The molecule has 5 rings (SSSR count). The number of hydrogen-bond acceptors (Lipinski definition) is 5. The molecular formula is C26H27BrO5. The van der Waals surface area contributed by atoms with Crippen molar-refractivity contribution in [1.29, 1.82) is 0 Å². The standard InChI is InChI=1S/C26H27BrO5/c1-25(2)19-11-16(30-13-22-21(12-28)31-26(3,4)32-22)6-8-18(19)24(29)23-17-7-5-15(27)9-14(17)10-20(23)25/h5-9,11,21-22,28H,10,12-13H2,1-4H3/t21-,22-/m1/s1. The van der Waals surface area contributed by atoms with Gasteiger partial charge in [-0.2, -0.15) is 0 Å². The van der Waals surface area contributed by atoms with Gasteiger partial charge in [0.15, 0.2) is 11.6 Å². The number of benzene rings is 2. The van der Waals surface area contributed by atoms with E-state index in [1.807, 2.05) is 44.2 Å². The van der Waals surface area contributed by atoms with Gasteiger partial charge in [0, 0.05) is 21.0 Å². The number of fused-ring (bicyclic) bond motifs is 3. The van der Waals surface area contributed by atoms with Crippen molar-refractivity contribution in [3.8, 4) is 5.75 Å². The quantitative estimate of drug-likeness (QED) is 0.654. The zero-order chi connectivity index (χ0) is 22.8. The number of aliphatic hydroxyl groups is 1. The third kappa shape index (κ3) is 3.45. The third-order valence-electron chi connectivity index (χ3n) is 6.78. The van der Waals surface area contributed by atoms with Gasteiger partial charge in [0.1, 0.15) is 24.6 Å². The number of Topliss-reactive ketones (excluding diaryl/α,β-unsaturated/α-hetero) is 1. The van der Waals surface area contributed by atoms with Crippen molar-refractivity contribution in [2.45, 2.75) is 57.5 Å². The Morgan fingerprint density at radius 2 is 1.78 bits per heavy atom. The zero-order valence-corrected chi connectivity index (χ0v) is 20.3. The van der Waals surface area contributed by atoms with Crippen molar-refractivity contribution >= 4 is 27.3 Å². The lowest BCUT2D eigenvalue weighted by atomic mass is 9.68. The summed E-state index contributed by atoms with van der Waals surface area (Å²) >= 11 is 3.55. The number of carbonyl (C=O) groups excluding carboxylic acids is 1. The number of aliphatic hydroxyl groups excluding tert-OH is 1. The molecule has 32 heavy (non-hydrogen) atoms. The van der Waals surface area contributed by atoms with E-state index < -0.39 is 11.9 Å². The molecule has 6 heteroatoms. The summed E-state index contributed by atoms with van der Waals surface area (Å²) in [5.74, 6) is 0.00889. The van der Waals surface area contributed by atoms with Gasteiger partial charge >= 0.3 is 0 Å². The molecule has 1 fully saturated rings. The SMILES string of the molecule is CC1(C)O[C@H](CO)[C@@H](COc2ccc3c(c2)C(C)(C)C2=C(C3=O)c3ccc(Br)cc3C2)O1. The number of allylic oxidation sites excluding steroid dienone is 2. The normalized spacial score (nSPS) is 24.9. The lowest BCUT2D eigenvalue weighted by Crippen LogP contribution is -2.32. The van der Waals surface area contributed by atoms with Gasteiger partial charge in [0.2, 0.25) is 0 Å². The highest BCUT2D eigenvalue weighted by Crippen LogP contribution is 2.50. The monoisotopic (exact) mass is 498 g/mol. The maximum absolute atomic E-state index is 13.5. The molecule has 168 valence electrons. The van der Waals surface area contributed by atoms with Crippen LogP contribution in [-0.2, 0) is 21.3 Å². The van der Waals surface area contributed by atoms with E-state index in [4.69, 9.17) is 14.2 Å². The van der Waals surface area contributed by atoms with E-state index in [2.05, 4.69) is 35.8 Å². The second-order valence-corrected chi connectivity index (χ2v) is 10.6. The fourth-order valence-corrected chi connectivity index (χ4v) is 5.60. The van der Waals surface area contributed by atoms with Crippen LogP contribution in [0.4, 0.5) is 0 Å². The second kappa shape index (κ2) is 7.52. The lowest BCUT2D eigenvalue weighted by molar-refractivity contribution is -0.150. The Hall–Kier alpha value is -1.99. The predicted octanol–water partition coefficient (Wildman–Crippen LogP) is 4.82. The molecule has 3 aliphatic rings. The van der Waals surface area contributed by atoms with Gasteiger partial charge < -0.3 is 19.3 Å². The van der Waals surface area contributed by atoms with Crippen LogP contribution in [0.2, 0.25) is 0 Å². The summed E-state index contributed by atoms with van der Waals surface area (Å²) in [6.07, 6.45) is -0.0177. The third-order valence-corrected chi connectivity index (χ3v) is 7.27. The van der Waals surface area contributed by atoms with Gasteiger partial charge in [-0.3, -0.25) is 4.79 Å². The smallest absolute Gasteiger partial charge is 0.193 e. The molecule has 0 unspecified atom stereocenters. The van der Waals surface area contributed by atoms with Gasteiger partial charge in [0.05, 0.1) is 6.61 Å². The summed E-state index contributed by atoms with van der Waals surface area (Å²) in [5.41, 5.74) is 5.65. The molecular weight excluding hydrogens is 472 g/mol. The summed E-state index contributed by atoms with van der Waals surface area (Å²) in [5, 5.41) is 9.59. The van der Waals surface area contributed by atoms with Crippen LogP contribution < -0.4 is 4.74 Å². The fraction of sp³-hybridized carbons (Fsp3) is 0.423. The summed E-state index contributed by atoms with van der Waals surface area (Å²) in [6, 6.07) is 11.8. The molecule has 2 aliphatic carbocycles. The molecule has 2 aromatic carbocycles. The van der Waals surface area contributed by atoms with Crippen molar-refractivity contribution in [3.05, 3.63) is 68.7 Å². The highest BCUT2D eigenvalue weighted by molar-refractivity contribution is 9.10. The highest BCUT2D eigenvalue weighted by Gasteiger charge is 2.44. The largest absolute Gasteiger partial charge is 0.491 e. The molecule has 5 nitrogen and oxygen atoms in total. The molecule has 0 radical (unpaired) electrons. The van der Waals surface area contributed by atoms with Crippen molar-refractivity contribution in [2.24, 2.45) is 0 Å². The molecule has 2 aromatic rings. The molecule has 2 atom stereocenters. The average molecular weight is 499 g/mol. The number of halogens is 1. The highest BCUT2D eigenvalue weighted by atomic mass is 79.9. The van der Waals surface area contributed by atoms with Crippen molar-refractivity contribution in [3.63, 3.8) is 0 Å². The first-order valence-corrected chi connectivity index (χ1v) is 11.7. The zero-order valence-electron chi connectivity index (χ0n) is 18.7. The Morgan fingerprint density at radius 3 is 2.53 bits per heavy atom. The van der Waals surface area contributed by atoms with Gasteiger partial charge in [-0.25, -0.2) is 0 Å². The second-order valence-electron chi connectivity index (χ2n) is 9.70. The molecule has 1 N–H and O–H groups in total. The van der Waals surface area contributed by atoms with Crippen LogP contribution in [0.1, 0.15) is 54.7 Å². The minimum absolute atomic E-state index is 0.0802. The molecule has 0 amide bonds. The van der Waals surface area contributed by atoms with Gasteiger partial charge in [0.25, 0.3) is 0 Å². The minimum atomic E-state index is -0.749. The number of ether oxygens (including phenoxy) is 3. The van der Waals surface area contributed by atoms with Gasteiger partial charge in [-0.1, -0.05) is 35.8 Å². The number of ketones is 1. The summed E-state index contributed by atoms with van der Waals surface area (Å²) in [4.78, 5) is 13.5. The van der Waals surface area contributed by atoms with E-state index in [1.165, 1.54) is 5.56 Å². The fourth-order valence-electron chi connectivity index (χ4n) is 5.20. The Labute approximate surface area is 196 Å². The van der Waals surface area contributed by atoms with E-state index in [-0.39, 0.29) is 30.5 Å². The first-order valence-electron chi connectivity index (χ1n) is 10.9. The Bertz CT molecular complexity index is 1150. The number of hydrogen-bond donors (Lipinski definition) is 1. The van der Waals surface area contributed by atoms with Crippen molar-refractivity contribution < 1.29 is 24.1 Å². The van der Waals surface area contributed by atoms with Crippen LogP contribution in [0.3, 0.4) is 0 Å². The van der Waals surface area contributed by atoms with Crippen LogP contribution in [0, 0.1) is 0 Å². The Kier molecular flexibility index (Phi) is 5.13. The maximum atomic E-state index is 13.5. The topological polar surface area (TPSA) is 65.0 Å². The lowest BCUT2D eigenvalue weighted by Gasteiger charge is -2.34. The first-order chi connectivity index (χ1) is 15.1. The summed E-state index contributed by atoms with van der Waals surface area (Å²) < 4.78 is 18.7. The predicted molar refractivity (Wildman–Crippen MR) is 125 cm³/mol. The molecule has 1 aliphatic heterocycles. The van der Waals surface area contributed by atoms with Crippen LogP contribution in [0.25, 0.3) is 5.57 Å². The van der Waals surface area contributed by atoms with Gasteiger partial charge in [-0.05, 0) is 72.9 Å². The Morgan fingerprint density at radius 1 is 1.06 bits per heavy atom. The summed E-state index contributed by atoms with van der Waals surface area (Å²) in [6.45, 7) is 8.14. The molecule has 0 spiro atoms. The average Bonchev–Trinajstić information content (AvgIpc) is 3.27. The molecule has 0 saturated carbocycles. The van der Waals surface area contributed by atoms with Crippen LogP contribution >= 0.6 is 15.9 Å². The number of carbonyl (C=O) groups is 1. The van der Waals surface area contributed by atoms with Crippen molar-refractivity contribution in [1.82, 2.24) is 0 Å². The van der Waals surface area contributed by atoms with Crippen molar-refractivity contribution in [2.75, 3.05) is 13.2 Å². The molecule has 1 saturated heterocycles. The number of rotatable bonds is 4. The van der Waals surface area contributed by atoms with E-state index >= 15 is 0 Å². The first kappa shape index (κ1) is 21.8. The Balaban J connectivity index is 1.43. The van der Waals surface area contributed by atoms with Crippen LogP contribution in [-0.4, -0.2) is 42.1 Å². The maximum Gasteiger partial charge on any atom is 0.193 e. The minimum Gasteiger partial charge on any atom is -0.491 e. The van der Waals surface area contributed by atoms with Crippen LogP contribution in [0.15, 0.2) is 46.4 Å².